The molecule has 2 unspecified atom stereocenters. The molecule has 0 aliphatic carbocycles. The van der Waals surface area contributed by atoms with Gasteiger partial charge in [-0.2, -0.15) is 0 Å². The van der Waals surface area contributed by atoms with Gasteiger partial charge in [0.25, 0.3) is 5.91 Å². The van der Waals surface area contributed by atoms with Gasteiger partial charge in [0, 0.05) is 29.4 Å². The quantitative estimate of drug-likeness (QED) is 0.809. The fraction of sp³-hybridized carbons (Fsp3) is 0.391. The zero-order valence-corrected chi connectivity index (χ0v) is 16.5. The lowest BCUT2D eigenvalue weighted by atomic mass is 9.97. The summed E-state index contributed by atoms with van der Waals surface area (Å²) in [6.45, 7) is 2.09. The molecule has 4 rings (SSSR count). The average molecular weight is 395 g/mol. The first-order valence-corrected chi connectivity index (χ1v) is 10.3. The van der Waals surface area contributed by atoms with Gasteiger partial charge in [-0.1, -0.05) is 19.1 Å². The minimum Gasteiger partial charge on any atom is -0.349 e. The molecule has 2 aliphatic heterocycles. The number of anilines is 1. The maximum atomic E-state index is 13.1. The van der Waals surface area contributed by atoms with E-state index in [-0.39, 0.29) is 35.9 Å². The van der Waals surface area contributed by atoms with E-state index in [1.807, 2.05) is 23.1 Å². The minimum absolute atomic E-state index is 0.0255. The second-order valence-corrected chi connectivity index (χ2v) is 7.93. The van der Waals surface area contributed by atoms with Crippen molar-refractivity contribution in [2.24, 2.45) is 0 Å². The molecule has 6 heteroatoms. The van der Waals surface area contributed by atoms with Gasteiger partial charge in [-0.15, -0.1) is 0 Å². The molecule has 2 atom stereocenters. The van der Waals surface area contributed by atoms with Crippen molar-refractivity contribution in [2.75, 3.05) is 5.32 Å². The Morgan fingerprint density at radius 1 is 1.07 bits per heavy atom. The lowest BCUT2D eigenvalue weighted by Crippen LogP contribution is -2.53. The summed E-state index contributed by atoms with van der Waals surface area (Å²) in [6, 6.07) is 13.7. The summed E-state index contributed by atoms with van der Waals surface area (Å²) < 4.78 is 13.1. The van der Waals surface area contributed by atoms with Gasteiger partial charge in [-0.05, 0) is 74.1 Å². The number of rotatable bonds is 4. The molecule has 2 aliphatic rings. The number of piperidine rings is 1. The van der Waals surface area contributed by atoms with Crippen LogP contribution in [0.15, 0.2) is 48.5 Å². The number of nitrogens with zero attached hydrogens (tertiary/aromatic N) is 1. The predicted molar refractivity (Wildman–Crippen MR) is 110 cm³/mol. The smallest absolute Gasteiger partial charge is 0.322 e. The van der Waals surface area contributed by atoms with Crippen molar-refractivity contribution in [3.8, 4) is 0 Å². The summed E-state index contributed by atoms with van der Waals surface area (Å²) in [5.41, 5.74) is 2.46. The van der Waals surface area contributed by atoms with Crippen LogP contribution >= 0.6 is 0 Å². The summed E-state index contributed by atoms with van der Waals surface area (Å²) >= 11 is 0. The Morgan fingerprint density at radius 2 is 1.76 bits per heavy atom. The molecule has 152 valence electrons. The van der Waals surface area contributed by atoms with Gasteiger partial charge in [0.05, 0.1) is 0 Å². The first kappa shape index (κ1) is 19.4. The first-order chi connectivity index (χ1) is 14.0. The minimum atomic E-state index is -0.358. The van der Waals surface area contributed by atoms with Crippen LogP contribution in [-0.2, 0) is 6.42 Å². The zero-order valence-electron chi connectivity index (χ0n) is 16.5. The van der Waals surface area contributed by atoms with E-state index >= 15 is 0 Å². The van der Waals surface area contributed by atoms with Crippen molar-refractivity contribution < 1.29 is 14.0 Å². The van der Waals surface area contributed by atoms with E-state index in [2.05, 4.69) is 23.6 Å². The maximum absolute atomic E-state index is 13.1. The second-order valence-electron chi connectivity index (χ2n) is 7.93. The van der Waals surface area contributed by atoms with Crippen LogP contribution in [0.5, 0.6) is 0 Å². The largest absolute Gasteiger partial charge is 0.349 e. The Bertz CT molecular complexity index is 885. The molecule has 2 N–H and O–H groups in total. The molecule has 0 radical (unpaired) electrons. The predicted octanol–water partition coefficient (Wildman–Crippen LogP) is 4.35. The van der Waals surface area contributed by atoms with Crippen molar-refractivity contribution in [1.82, 2.24) is 10.2 Å². The number of fused-ring (bicyclic) bond motifs is 2. The molecular formula is C23H26FN3O2. The fourth-order valence-corrected chi connectivity index (χ4v) is 4.55. The van der Waals surface area contributed by atoms with Crippen LogP contribution < -0.4 is 10.6 Å². The average Bonchev–Trinajstić information content (AvgIpc) is 2.99. The van der Waals surface area contributed by atoms with Crippen molar-refractivity contribution in [1.29, 1.82) is 0 Å². The highest BCUT2D eigenvalue weighted by atomic mass is 19.1. The Morgan fingerprint density at radius 3 is 2.41 bits per heavy atom. The molecule has 2 fully saturated rings. The summed E-state index contributed by atoms with van der Waals surface area (Å²) in [4.78, 5) is 27.3. The molecule has 2 bridgehead atoms. The van der Waals surface area contributed by atoms with Crippen LogP contribution in [-0.4, -0.2) is 35.0 Å². The van der Waals surface area contributed by atoms with Gasteiger partial charge in [0.2, 0.25) is 0 Å². The Balaban J connectivity index is 1.37. The number of aryl methyl sites for hydroxylation is 1. The lowest BCUT2D eigenvalue weighted by Gasteiger charge is -2.39. The molecule has 3 amide bonds. The van der Waals surface area contributed by atoms with Gasteiger partial charge in [-0.25, -0.2) is 9.18 Å². The van der Waals surface area contributed by atoms with Gasteiger partial charge in [0.15, 0.2) is 0 Å². The highest BCUT2D eigenvalue weighted by Crippen LogP contribution is 2.36. The summed E-state index contributed by atoms with van der Waals surface area (Å²) in [7, 11) is 0. The van der Waals surface area contributed by atoms with E-state index in [9.17, 15) is 14.0 Å². The molecule has 2 aromatic rings. The number of amides is 3. The summed E-state index contributed by atoms with van der Waals surface area (Å²) in [5, 5.41) is 6.10. The van der Waals surface area contributed by atoms with Crippen molar-refractivity contribution in [3.63, 3.8) is 0 Å². The normalized spacial score (nSPS) is 23.0. The van der Waals surface area contributed by atoms with Gasteiger partial charge in [-0.3, -0.25) is 4.79 Å². The molecule has 2 heterocycles. The number of carbonyl (C=O) groups is 2. The molecule has 0 spiro atoms. The van der Waals surface area contributed by atoms with E-state index in [1.165, 1.54) is 29.8 Å². The standard InChI is InChI=1S/C23H26FN3O2/c1-2-15-4-3-5-18(12-15)26-23(29)27-20-10-11-21(27)14-19(13-20)25-22(28)16-6-8-17(24)9-7-16/h3-9,12,19-21H,2,10-11,13-14H2,1H3,(H,25,28)(H,26,29). The Kier molecular flexibility index (Phi) is 5.51. The SMILES string of the molecule is CCc1cccc(NC(=O)N2C3CCC2CC(NC(=O)c2ccc(F)cc2)C3)c1. The van der Waals surface area contributed by atoms with Crippen LogP contribution in [0.2, 0.25) is 0 Å². The number of halogens is 1. The van der Waals surface area contributed by atoms with Gasteiger partial charge in [0.1, 0.15) is 5.82 Å². The van der Waals surface area contributed by atoms with Gasteiger partial charge >= 0.3 is 6.03 Å². The van der Waals surface area contributed by atoms with Crippen LogP contribution in [0.4, 0.5) is 14.9 Å². The highest BCUT2D eigenvalue weighted by Gasteiger charge is 2.43. The fourth-order valence-electron chi connectivity index (χ4n) is 4.55. The van der Waals surface area contributed by atoms with Crippen LogP contribution in [0.3, 0.4) is 0 Å². The Hall–Kier alpha value is -2.89. The number of urea groups is 1. The zero-order chi connectivity index (χ0) is 20.4. The number of benzene rings is 2. The molecular weight excluding hydrogens is 369 g/mol. The molecule has 0 saturated carbocycles. The molecule has 5 nitrogen and oxygen atoms in total. The van der Waals surface area contributed by atoms with Gasteiger partial charge < -0.3 is 15.5 Å². The van der Waals surface area contributed by atoms with Crippen LogP contribution in [0.1, 0.15) is 48.5 Å². The molecule has 0 aromatic heterocycles. The maximum Gasteiger partial charge on any atom is 0.322 e. The van der Waals surface area contributed by atoms with Crippen LogP contribution in [0.25, 0.3) is 0 Å². The highest BCUT2D eigenvalue weighted by molar-refractivity contribution is 5.94. The number of hydrogen-bond acceptors (Lipinski definition) is 2. The number of carbonyl (C=O) groups excluding carboxylic acids is 2. The van der Waals surface area contributed by atoms with E-state index in [0.717, 1.165) is 37.8 Å². The number of hydrogen-bond donors (Lipinski definition) is 2. The van der Waals surface area contributed by atoms with E-state index in [0.29, 0.717) is 5.56 Å². The Labute approximate surface area is 170 Å². The lowest BCUT2D eigenvalue weighted by molar-refractivity contribution is 0.0891. The van der Waals surface area contributed by atoms with Crippen molar-refractivity contribution in [3.05, 3.63) is 65.5 Å². The monoisotopic (exact) mass is 395 g/mol. The molecule has 29 heavy (non-hydrogen) atoms. The first-order valence-electron chi connectivity index (χ1n) is 10.3. The number of nitrogens with one attached hydrogen (secondary N) is 2. The topological polar surface area (TPSA) is 61.4 Å². The van der Waals surface area contributed by atoms with E-state index in [1.54, 1.807) is 0 Å². The third-order valence-corrected chi connectivity index (χ3v) is 6.00. The summed E-state index contributed by atoms with van der Waals surface area (Å²) in [6.07, 6.45) is 4.32. The molecule has 2 aromatic carbocycles. The summed E-state index contributed by atoms with van der Waals surface area (Å²) in [5.74, 6) is -0.549. The van der Waals surface area contributed by atoms with Crippen molar-refractivity contribution in [2.45, 2.75) is 57.2 Å². The van der Waals surface area contributed by atoms with E-state index in [4.69, 9.17) is 0 Å². The van der Waals surface area contributed by atoms with Crippen LogP contribution in [0, 0.1) is 5.82 Å². The third-order valence-electron chi connectivity index (χ3n) is 6.00. The third kappa shape index (κ3) is 4.26. The van der Waals surface area contributed by atoms with E-state index < -0.39 is 0 Å². The second kappa shape index (κ2) is 8.23. The van der Waals surface area contributed by atoms with Crippen molar-refractivity contribution >= 4 is 17.6 Å². The molecule has 2 saturated heterocycles.